The van der Waals surface area contributed by atoms with E-state index in [-0.39, 0.29) is 23.6 Å². The molecule has 0 atom stereocenters. The second-order valence-corrected chi connectivity index (χ2v) is 10.4. The number of phenolic OH excluding ortho intramolecular Hbond substituents is 1. The predicted molar refractivity (Wildman–Crippen MR) is 145 cm³/mol. The van der Waals surface area contributed by atoms with Gasteiger partial charge in [0.05, 0.1) is 16.5 Å². The molecule has 0 aliphatic carbocycles. The molecule has 3 N–H and O–H groups in total. The first kappa shape index (κ1) is 27.6. The SMILES string of the molecule is Cc1cc(-n2c(C(C)(C)COC(=O)NC(C)C)c(-c3ccc(C(=O)O)cc3)c3c(O)c(F)ccc32)ccc1F. The van der Waals surface area contributed by atoms with Crippen molar-refractivity contribution in [3.63, 3.8) is 0 Å². The highest BCUT2D eigenvalue weighted by Crippen LogP contribution is 2.47. The third-order valence-corrected chi connectivity index (χ3v) is 6.49. The van der Waals surface area contributed by atoms with Gasteiger partial charge in [0.1, 0.15) is 12.4 Å². The highest BCUT2D eigenvalue weighted by molar-refractivity contribution is 6.04. The van der Waals surface area contributed by atoms with Gasteiger partial charge in [0.2, 0.25) is 0 Å². The summed E-state index contributed by atoms with van der Waals surface area (Å²) >= 11 is 0. The van der Waals surface area contributed by atoms with Gasteiger partial charge in [0.15, 0.2) is 11.6 Å². The highest BCUT2D eigenvalue weighted by atomic mass is 19.1. The first-order chi connectivity index (χ1) is 18.3. The number of carbonyl (C=O) groups excluding carboxylic acids is 1. The van der Waals surface area contributed by atoms with Crippen LogP contribution in [0.2, 0.25) is 0 Å². The van der Waals surface area contributed by atoms with E-state index < -0.39 is 34.9 Å². The number of fused-ring (bicyclic) bond motifs is 1. The number of carboxylic acids is 1. The summed E-state index contributed by atoms with van der Waals surface area (Å²) in [7, 11) is 0. The number of carboxylic acid groups (broad SMARTS) is 1. The van der Waals surface area contributed by atoms with Gasteiger partial charge in [-0.3, -0.25) is 0 Å². The van der Waals surface area contributed by atoms with Crippen LogP contribution in [0.3, 0.4) is 0 Å². The molecule has 1 aromatic heterocycles. The minimum absolute atomic E-state index is 0.0570. The van der Waals surface area contributed by atoms with Crippen LogP contribution in [0.15, 0.2) is 54.6 Å². The summed E-state index contributed by atoms with van der Waals surface area (Å²) in [5, 5.41) is 23.2. The molecule has 7 nitrogen and oxygen atoms in total. The number of aromatic carboxylic acids is 1. The van der Waals surface area contributed by atoms with Crippen molar-refractivity contribution in [3.8, 4) is 22.6 Å². The van der Waals surface area contributed by atoms with Gasteiger partial charge < -0.3 is 24.8 Å². The van der Waals surface area contributed by atoms with Gasteiger partial charge in [0.25, 0.3) is 0 Å². The number of phenols is 1. The smallest absolute Gasteiger partial charge is 0.407 e. The number of aromatic hydroxyl groups is 1. The Hall–Kier alpha value is -4.40. The van der Waals surface area contributed by atoms with E-state index in [1.54, 1.807) is 49.6 Å². The zero-order valence-electron chi connectivity index (χ0n) is 22.3. The second kappa shape index (κ2) is 10.4. The Morgan fingerprint density at radius 1 is 1.03 bits per heavy atom. The van der Waals surface area contributed by atoms with Crippen molar-refractivity contribution in [2.45, 2.75) is 46.1 Å². The molecular weight excluding hydrogens is 506 g/mol. The third kappa shape index (κ3) is 5.30. The molecule has 0 aliphatic rings. The van der Waals surface area contributed by atoms with Crippen LogP contribution >= 0.6 is 0 Å². The molecule has 0 radical (unpaired) electrons. The van der Waals surface area contributed by atoms with Gasteiger partial charge in [-0.05, 0) is 74.4 Å². The Morgan fingerprint density at radius 2 is 1.67 bits per heavy atom. The van der Waals surface area contributed by atoms with Gasteiger partial charge in [-0.15, -0.1) is 0 Å². The zero-order valence-corrected chi connectivity index (χ0v) is 22.3. The number of benzene rings is 3. The number of nitrogens with one attached hydrogen (secondary N) is 1. The van der Waals surface area contributed by atoms with Crippen LogP contribution in [0.25, 0.3) is 27.7 Å². The molecule has 0 spiro atoms. The third-order valence-electron chi connectivity index (χ3n) is 6.49. The number of amides is 1. The summed E-state index contributed by atoms with van der Waals surface area (Å²) in [6, 6.07) is 13.1. The van der Waals surface area contributed by atoms with Crippen molar-refractivity contribution in [1.82, 2.24) is 9.88 Å². The minimum atomic E-state index is -1.11. The number of halogens is 2. The molecule has 1 heterocycles. The molecule has 0 unspecified atom stereocenters. The monoisotopic (exact) mass is 536 g/mol. The van der Waals surface area contributed by atoms with E-state index in [4.69, 9.17) is 4.74 Å². The van der Waals surface area contributed by atoms with Gasteiger partial charge in [-0.2, -0.15) is 0 Å². The lowest BCUT2D eigenvalue weighted by Gasteiger charge is -2.29. The number of hydrogen-bond donors (Lipinski definition) is 3. The zero-order chi connectivity index (χ0) is 28.6. The Bertz CT molecular complexity index is 1570. The van der Waals surface area contributed by atoms with E-state index in [1.807, 2.05) is 13.8 Å². The molecule has 0 saturated heterocycles. The van der Waals surface area contributed by atoms with E-state index in [9.17, 15) is 28.6 Å². The summed E-state index contributed by atoms with van der Waals surface area (Å²) in [5.74, 6) is -2.93. The molecule has 3 aromatic carbocycles. The van der Waals surface area contributed by atoms with Crippen molar-refractivity contribution in [2.75, 3.05) is 6.61 Å². The summed E-state index contributed by atoms with van der Waals surface area (Å²) < 4.78 is 36.4. The molecule has 0 saturated carbocycles. The highest BCUT2D eigenvalue weighted by Gasteiger charge is 2.35. The molecular formula is C30H30F2N2O5. The molecule has 4 aromatic rings. The average molecular weight is 537 g/mol. The molecule has 9 heteroatoms. The van der Waals surface area contributed by atoms with Crippen molar-refractivity contribution < 1.29 is 33.3 Å². The Balaban J connectivity index is 2.07. The van der Waals surface area contributed by atoms with Crippen molar-refractivity contribution >= 4 is 23.0 Å². The van der Waals surface area contributed by atoms with Crippen LogP contribution in [0, 0.1) is 18.6 Å². The maximum absolute atomic E-state index is 14.8. The molecule has 39 heavy (non-hydrogen) atoms. The van der Waals surface area contributed by atoms with Crippen LogP contribution in [0.1, 0.15) is 49.3 Å². The van der Waals surface area contributed by atoms with Gasteiger partial charge >= 0.3 is 12.1 Å². The van der Waals surface area contributed by atoms with Crippen LogP contribution in [0.4, 0.5) is 13.6 Å². The summed E-state index contributed by atoms with van der Waals surface area (Å²) in [6.07, 6.45) is -0.611. The summed E-state index contributed by atoms with van der Waals surface area (Å²) in [6.45, 7) is 8.80. The van der Waals surface area contributed by atoms with E-state index >= 15 is 0 Å². The fourth-order valence-electron chi connectivity index (χ4n) is 4.67. The maximum atomic E-state index is 14.8. The largest absolute Gasteiger partial charge is 0.504 e. The lowest BCUT2D eigenvalue weighted by Crippen LogP contribution is -2.35. The van der Waals surface area contributed by atoms with Crippen molar-refractivity contribution in [2.24, 2.45) is 0 Å². The van der Waals surface area contributed by atoms with Gasteiger partial charge in [-0.25, -0.2) is 18.4 Å². The molecule has 0 fully saturated rings. The number of rotatable bonds is 7. The number of carbonyl (C=O) groups is 2. The van der Waals surface area contributed by atoms with Gasteiger partial charge in [0, 0.05) is 28.4 Å². The predicted octanol–water partition coefficient (Wildman–Crippen LogP) is 6.70. The number of aromatic nitrogens is 1. The topological polar surface area (TPSA) is 101 Å². The number of hydrogen-bond acceptors (Lipinski definition) is 4. The Labute approximate surface area is 224 Å². The number of nitrogens with zero attached hydrogens (tertiary/aromatic N) is 1. The van der Waals surface area contributed by atoms with E-state index in [2.05, 4.69) is 5.32 Å². The standard InChI is InChI=1S/C30H30F2N2O5/c1-16(2)33-29(38)39-15-30(4,5)27-24(18-6-8-19(9-7-18)28(36)37)25-23(13-12-22(32)26(25)35)34(27)20-10-11-21(31)17(3)14-20/h6-14,16,35H,15H2,1-5H3,(H,33,38)(H,36,37). The summed E-state index contributed by atoms with van der Waals surface area (Å²) in [5.41, 5.74) is 1.98. The Kier molecular flexibility index (Phi) is 7.37. The summed E-state index contributed by atoms with van der Waals surface area (Å²) in [4.78, 5) is 23.8. The van der Waals surface area contributed by atoms with Crippen LogP contribution < -0.4 is 5.32 Å². The van der Waals surface area contributed by atoms with Crippen LogP contribution in [-0.2, 0) is 10.2 Å². The lowest BCUT2D eigenvalue weighted by atomic mass is 9.84. The molecule has 204 valence electrons. The molecule has 0 bridgehead atoms. The van der Waals surface area contributed by atoms with Crippen molar-refractivity contribution in [3.05, 3.63) is 83.1 Å². The van der Waals surface area contributed by atoms with E-state index in [0.717, 1.165) is 6.07 Å². The van der Waals surface area contributed by atoms with E-state index in [1.165, 1.54) is 24.3 Å². The lowest BCUT2D eigenvalue weighted by molar-refractivity contribution is 0.0696. The minimum Gasteiger partial charge on any atom is -0.504 e. The fourth-order valence-corrected chi connectivity index (χ4v) is 4.67. The number of aryl methyl sites for hydroxylation is 1. The normalized spacial score (nSPS) is 11.7. The van der Waals surface area contributed by atoms with Crippen LogP contribution in [0.5, 0.6) is 5.75 Å². The maximum Gasteiger partial charge on any atom is 0.407 e. The van der Waals surface area contributed by atoms with Crippen LogP contribution in [-0.4, -0.2) is 39.5 Å². The average Bonchev–Trinajstić information content (AvgIpc) is 3.23. The first-order valence-electron chi connectivity index (χ1n) is 12.4. The van der Waals surface area contributed by atoms with E-state index in [0.29, 0.717) is 33.6 Å². The second-order valence-electron chi connectivity index (χ2n) is 10.4. The fraction of sp³-hybridized carbons (Fsp3) is 0.267. The number of ether oxygens (including phenoxy) is 1. The number of alkyl carbamates (subject to hydrolysis) is 1. The molecule has 0 aliphatic heterocycles. The van der Waals surface area contributed by atoms with Gasteiger partial charge in [-0.1, -0.05) is 26.0 Å². The molecule has 4 rings (SSSR count). The Morgan fingerprint density at radius 3 is 2.26 bits per heavy atom. The van der Waals surface area contributed by atoms with Crippen molar-refractivity contribution in [1.29, 1.82) is 0 Å². The quantitative estimate of drug-likeness (QED) is 0.244. The first-order valence-corrected chi connectivity index (χ1v) is 12.4. The molecule has 1 amide bonds.